The van der Waals surface area contributed by atoms with Crippen molar-refractivity contribution in [2.75, 3.05) is 13.2 Å². The van der Waals surface area contributed by atoms with Crippen LogP contribution in [0.15, 0.2) is 48.5 Å². The zero-order valence-corrected chi connectivity index (χ0v) is 24.7. The molecule has 11 heteroatoms. The maximum atomic E-state index is 13.7. The summed E-state index contributed by atoms with van der Waals surface area (Å²) in [6.07, 6.45) is -0.178. The Labute approximate surface area is 246 Å². The van der Waals surface area contributed by atoms with Gasteiger partial charge in [-0.1, -0.05) is 61.3 Å². The van der Waals surface area contributed by atoms with E-state index in [1.807, 2.05) is 0 Å². The van der Waals surface area contributed by atoms with Gasteiger partial charge in [0.15, 0.2) is 1.41 Å². The number of ether oxygens (including phenoxy) is 2. The van der Waals surface area contributed by atoms with Gasteiger partial charge < -0.3 is 25.0 Å². The van der Waals surface area contributed by atoms with Crippen molar-refractivity contribution in [2.24, 2.45) is 5.92 Å². The maximum Gasteiger partial charge on any atom is 0.328 e. The van der Waals surface area contributed by atoms with E-state index in [-0.39, 0.29) is 39.1 Å². The van der Waals surface area contributed by atoms with Gasteiger partial charge in [0.2, 0.25) is 5.91 Å². The monoisotopic (exact) mass is 594 g/mol. The van der Waals surface area contributed by atoms with E-state index in [1.165, 1.54) is 4.90 Å². The summed E-state index contributed by atoms with van der Waals surface area (Å²) >= 11 is 12.0. The van der Waals surface area contributed by atoms with Crippen LogP contribution in [0.3, 0.4) is 0 Å². The van der Waals surface area contributed by atoms with E-state index in [2.05, 4.69) is 5.32 Å². The van der Waals surface area contributed by atoms with Gasteiger partial charge in [0, 0.05) is 29.6 Å². The first-order chi connectivity index (χ1) is 19.5. The SMILES string of the molecule is [2H]N(C(=O)N(Cc1ccc(Cl)cc1)Cc1ccc(Cl)cc1)[C@H](C(=O)N[C@@H](CCC(=O)OCC)C(=O)OCC)C(C)C. The van der Waals surface area contributed by atoms with E-state index in [1.54, 1.807) is 76.2 Å². The highest BCUT2D eigenvalue weighted by Gasteiger charge is 2.31. The predicted molar refractivity (Wildman–Crippen MR) is 154 cm³/mol. The molecule has 0 unspecified atom stereocenters. The van der Waals surface area contributed by atoms with Crippen molar-refractivity contribution in [3.05, 3.63) is 69.7 Å². The molecule has 0 aliphatic heterocycles. The summed E-state index contributed by atoms with van der Waals surface area (Å²) in [5.74, 6) is -2.45. The van der Waals surface area contributed by atoms with Crippen molar-refractivity contribution in [3.63, 3.8) is 0 Å². The van der Waals surface area contributed by atoms with Gasteiger partial charge in [0.25, 0.3) is 0 Å². The van der Waals surface area contributed by atoms with Crippen molar-refractivity contribution in [3.8, 4) is 0 Å². The lowest BCUT2D eigenvalue weighted by Gasteiger charge is -2.29. The Kier molecular flexibility index (Phi) is 13.1. The molecule has 2 rings (SSSR count). The highest BCUT2D eigenvalue weighted by atomic mass is 35.5. The van der Waals surface area contributed by atoms with Crippen LogP contribution in [0.25, 0.3) is 0 Å². The van der Waals surface area contributed by atoms with Crippen LogP contribution >= 0.6 is 23.2 Å². The molecule has 218 valence electrons. The number of rotatable bonds is 14. The van der Waals surface area contributed by atoms with Crippen molar-refractivity contribution in [2.45, 2.75) is 65.7 Å². The van der Waals surface area contributed by atoms with Crippen LogP contribution in [0.1, 0.15) is 51.7 Å². The fourth-order valence-electron chi connectivity index (χ4n) is 3.77. The number of halogens is 2. The largest absolute Gasteiger partial charge is 0.466 e. The number of carbonyl (C=O) groups is 4. The van der Waals surface area contributed by atoms with Gasteiger partial charge >= 0.3 is 18.0 Å². The van der Waals surface area contributed by atoms with Crippen molar-refractivity contribution in [1.29, 1.82) is 0 Å². The predicted octanol–water partition coefficient (Wildman–Crippen LogP) is 5.12. The first-order valence-corrected chi connectivity index (χ1v) is 13.9. The average Bonchev–Trinajstić information content (AvgIpc) is 2.92. The van der Waals surface area contributed by atoms with E-state index in [4.69, 9.17) is 34.1 Å². The van der Waals surface area contributed by atoms with E-state index in [9.17, 15) is 19.2 Å². The lowest BCUT2D eigenvalue weighted by Crippen LogP contribution is -2.56. The standard InChI is InChI=1S/C29H37Cl2N3O6/c1-5-39-25(35)16-15-24(28(37)40-6-2)32-27(36)26(19(3)4)33-29(38)34(17-20-7-11-22(30)12-8-20)18-21-9-13-23(31)14-10-21/h7-14,19,24,26H,5-6,15-18H2,1-4H3,(H,32,36)(H,33,38)/t24-,26-/m0/s1/i/hD. The Morgan fingerprint density at radius 1 is 0.875 bits per heavy atom. The molecule has 0 heterocycles. The molecule has 9 nitrogen and oxygen atoms in total. The Morgan fingerprint density at radius 3 is 1.82 bits per heavy atom. The van der Waals surface area contributed by atoms with Crippen LogP contribution in [0.4, 0.5) is 4.79 Å². The Bertz CT molecular complexity index is 1120. The van der Waals surface area contributed by atoms with Crippen LogP contribution in [-0.4, -0.2) is 54.1 Å². The second kappa shape index (κ2) is 16.7. The van der Waals surface area contributed by atoms with Gasteiger partial charge in [-0.05, 0) is 61.6 Å². The lowest BCUT2D eigenvalue weighted by molar-refractivity contribution is -0.149. The van der Waals surface area contributed by atoms with E-state index in [0.29, 0.717) is 15.4 Å². The molecule has 2 aromatic carbocycles. The number of amides is 3. The van der Waals surface area contributed by atoms with Crippen molar-refractivity contribution >= 4 is 47.1 Å². The topological polar surface area (TPSA) is 114 Å². The third-order valence-electron chi connectivity index (χ3n) is 5.82. The molecule has 40 heavy (non-hydrogen) atoms. The van der Waals surface area contributed by atoms with Crippen molar-refractivity contribution in [1.82, 2.24) is 15.5 Å². The first-order valence-electron chi connectivity index (χ1n) is 13.6. The number of esters is 2. The molecule has 0 bridgehead atoms. The summed E-state index contributed by atoms with van der Waals surface area (Å²) < 4.78 is 18.7. The third kappa shape index (κ3) is 11.1. The summed E-state index contributed by atoms with van der Waals surface area (Å²) in [7, 11) is 0. The van der Waals surface area contributed by atoms with E-state index >= 15 is 0 Å². The van der Waals surface area contributed by atoms with Crippen LogP contribution in [-0.2, 0) is 36.9 Å². The van der Waals surface area contributed by atoms with Crippen LogP contribution < -0.4 is 10.6 Å². The summed E-state index contributed by atoms with van der Waals surface area (Å²) in [6, 6.07) is 10.8. The van der Waals surface area contributed by atoms with E-state index < -0.39 is 41.9 Å². The minimum Gasteiger partial charge on any atom is -0.466 e. The second-order valence-corrected chi connectivity index (χ2v) is 10.2. The van der Waals surface area contributed by atoms with Gasteiger partial charge in [0.1, 0.15) is 12.1 Å². The lowest BCUT2D eigenvalue weighted by atomic mass is 10.0. The number of benzene rings is 2. The number of nitrogens with one attached hydrogen (secondary N) is 2. The van der Waals surface area contributed by atoms with E-state index in [0.717, 1.165) is 11.1 Å². The van der Waals surface area contributed by atoms with Crippen molar-refractivity contribution < 1.29 is 30.1 Å². The molecule has 2 N–H and O–H groups in total. The zero-order valence-electron chi connectivity index (χ0n) is 24.2. The molecule has 0 aliphatic carbocycles. The molecular weight excluding hydrogens is 557 g/mol. The quantitative estimate of drug-likeness (QED) is 0.293. The van der Waals surface area contributed by atoms with Gasteiger partial charge in [-0.15, -0.1) is 0 Å². The number of hydrogen-bond acceptors (Lipinski definition) is 6. The van der Waals surface area contributed by atoms with Gasteiger partial charge in [-0.3, -0.25) is 9.59 Å². The highest BCUT2D eigenvalue weighted by Crippen LogP contribution is 2.17. The fourth-order valence-corrected chi connectivity index (χ4v) is 4.02. The summed E-state index contributed by atoms with van der Waals surface area (Å²) in [5.41, 5.74) is 1.55. The average molecular weight is 596 g/mol. The molecule has 2 atom stereocenters. The summed E-state index contributed by atoms with van der Waals surface area (Å²) in [6.45, 7) is 7.23. The summed E-state index contributed by atoms with van der Waals surface area (Å²) in [4.78, 5) is 53.0. The van der Waals surface area contributed by atoms with Gasteiger partial charge in [0.05, 0.1) is 13.2 Å². The number of hydrogen-bond donors (Lipinski definition) is 2. The summed E-state index contributed by atoms with van der Waals surface area (Å²) in [5, 5.41) is 4.30. The molecule has 0 aliphatic rings. The van der Waals surface area contributed by atoms with Gasteiger partial charge in [-0.25, -0.2) is 9.59 Å². The molecule has 0 aromatic heterocycles. The Balaban J connectivity index is 2.29. The Morgan fingerprint density at radius 2 is 1.38 bits per heavy atom. The minimum absolute atomic E-state index is 0.0561. The first kappa shape index (κ1) is 31.2. The zero-order chi connectivity index (χ0) is 30.5. The molecule has 2 aromatic rings. The second-order valence-electron chi connectivity index (χ2n) is 9.37. The molecule has 0 saturated heterocycles. The molecular formula is C29H37Cl2N3O6. The molecule has 0 saturated carbocycles. The number of urea groups is 1. The number of nitrogens with zero attached hydrogens (tertiary/aromatic N) is 1. The molecule has 3 amide bonds. The normalized spacial score (nSPS) is 12.6. The maximum absolute atomic E-state index is 13.7. The third-order valence-corrected chi connectivity index (χ3v) is 6.33. The smallest absolute Gasteiger partial charge is 0.328 e. The fraction of sp³-hybridized carbons (Fsp3) is 0.448. The molecule has 0 spiro atoms. The van der Waals surface area contributed by atoms with Crippen LogP contribution in [0, 0.1) is 5.92 Å². The molecule has 0 fully saturated rings. The minimum atomic E-state index is -1.25. The number of carbonyl (C=O) groups excluding carboxylic acids is 4. The molecule has 0 radical (unpaired) electrons. The van der Waals surface area contributed by atoms with Crippen LogP contribution in [0.2, 0.25) is 11.5 Å². The highest BCUT2D eigenvalue weighted by molar-refractivity contribution is 6.30. The Hall–Kier alpha value is -3.30. The van der Waals surface area contributed by atoms with Gasteiger partial charge in [-0.2, -0.15) is 0 Å². The van der Waals surface area contributed by atoms with Crippen LogP contribution in [0.5, 0.6) is 0 Å².